The Morgan fingerprint density at radius 2 is 1.34 bits per heavy atom. The molecule has 0 amide bonds. The van der Waals surface area contributed by atoms with Crippen LogP contribution >= 0.6 is 11.3 Å². The normalized spacial score (nSPS) is 11.8. The van der Waals surface area contributed by atoms with E-state index in [1.54, 1.807) is 28.4 Å². The second kappa shape index (κ2) is 14.9. The highest BCUT2D eigenvalue weighted by Crippen LogP contribution is 2.39. The van der Waals surface area contributed by atoms with Gasteiger partial charge < -0.3 is 23.8 Å². The number of hydrogen-bond acceptors (Lipinski definition) is 7. The van der Waals surface area contributed by atoms with Crippen molar-refractivity contribution < 1.29 is 18.9 Å². The van der Waals surface area contributed by atoms with Gasteiger partial charge in [-0.15, -0.1) is 11.3 Å². The Labute approximate surface area is 232 Å². The third kappa shape index (κ3) is 7.51. The molecule has 7 nitrogen and oxygen atoms in total. The van der Waals surface area contributed by atoms with E-state index >= 15 is 0 Å². The van der Waals surface area contributed by atoms with Crippen LogP contribution in [0.4, 0.5) is 5.69 Å². The predicted octanol–water partition coefficient (Wildman–Crippen LogP) is 4.81. The highest BCUT2D eigenvalue weighted by molar-refractivity contribution is 7.21. The largest absolute Gasteiger partial charge is 0.383 e. The van der Waals surface area contributed by atoms with Crippen molar-refractivity contribution in [2.24, 2.45) is 0 Å². The first-order valence-electron chi connectivity index (χ1n) is 13.6. The molecule has 38 heavy (non-hydrogen) atoms. The second-order valence-electron chi connectivity index (χ2n) is 10.2. The zero-order valence-corrected chi connectivity index (χ0v) is 25.3. The monoisotopic (exact) mass is 544 g/mol. The minimum absolute atomic E-state index is 0.349. The Kier molecular flexibility index (Phi) is 11.9. The van der Waals surface area contributed by atoms with E-state index in [9.17, 15) is 0 Å². The fourth-order valence-electron chi connectivity index (χ4n) is 4.65. The zero-order valence-electron chi connectivity index (χ0n) is 24.5. The molecular formula is C30H46N3O4S+. The molecular weight excluding hydrogens is 498 g/mol. The number of aromatic nitrogens is 1. The van der Waals surface area contributed by atoms with Crippen LogP contribution in [0, 0.1) is 0 Å². The average molecular weight is 545 g/mol. The topological polar surface area (TPSA) is 56.1 Å². The molecule has 1 aliphatic carbocycles. The van der Waals surface area contributed by atoms with Gasteiger partial charge in [-0.3, -0.25) is 0 Å². The van der Waals surface area contributed by atoms with E-state index in [4.69, 9.17) is 23.9 Å². The van der Waals surface area contributed by atoms with E-state index in [2.05, 4.69) is 61.4 Å². The first-order valence-corrected chi connectivity index (χ1v) is 14.4. The van der Waals surface area contributed by atoms with Crippen LogP contribution in [-0.4, -0.2) is 86.0 Å². The van der Waals surface area contributed by atoms with Gasteiger partial charge >= 0.3 is 0 Å². The first-order chi connectivity index (χ1) is 18.3. The zero-order chi connectivity index (χ0) is 27.7. The van der Waals surface area contributed by atoms with Crippen molar-refractivity contribution in [3.63, 3.8) is 0 Å². The number of benzene rings is 2. The second-order valence-corrected chi connectivity index (χ2v) is 11.3. The van der Waals surface area contributed by atoms with E-state index in [1.165, 1.54) is 31.7 Å². The van der Waals surface area contributed by atoms with Crippen molar-refractivity contribution in [1.82, 2.24) is 9.56 Å². The maximum absolute atomic E-state index is 5.41. The third-order valence-electron chi connectivity index (χ3n) is 6.86. The van der Waals surface area contributed by atoms with Gasteiger partial charge in [-0.1, -0.05) is 27.7 Å². The van der Waals surface area contributed by atoms with Crippen molar-refractivity contribution >= 4 is 27.2 Å². The summed E-state index contributed by atoms with van der Waals surface area (Å²) in [6, 6.07) is 9.20. The molecule has 0 atom stereocenters. The predicted molar refractivity (Wildman–Crippen MR) is 159 cm³/mol. The quantitative estimate of drug-likeness (QED) is 0.202. The summed E-state index contributed by atoms with van der Waals surface area (Å²) in [4.78, 5) is 8.89. The molecule has 0 saturated carbocycles. The highest BCUT2D eigenvalue weighted by Gasteiger charge is 2.21. The smallest absolute Gasteiger partial charge is 0.201 e. The highest BCUT2D eigenvalue weighted by atomic mass is 32.1. The van der Waals surface area contributed by atoms with E-state index in [0.29, 0.717) is 38.3 Å². The van der Waals surface area contributed by atoms with Crippen LogP contribution in [0.5, 0.6) is 0 Å². The van der Waals surface area contributed by atoms with Crippen molar-refractivity contribution in [2.75, 3.05) is 85.9 Å². The van der Waals surface area contributed by atoms with Gasteiger partial charge in [0.05, 0.1) is 34.0 Å². The van der Waals surface area contributed by atoms with E-state index < -0.39 is 0 Å². The number of fused-ring (bicyclic) bond motifs is 2. The van der Waals surface area contributed by atoms with Gasteiger partial charge in [0.1, 0.15) is 13.2 Å². The molecule has 0 N–H and O–H groups in total. The summed E-state index contributed by atoms with van der Waals surface area (Å²) >= 11 is 1.83. The van der Waals surface area contributed by atoms with Gasteiger partial charge in [0.15, 0.2) is 13.1 Å². The molecule has 2 aliphatic rings. The van der Waals surface area contributed by atoms with Gasteiger partial charge in [-0.25, -0.2) is 9.56 Å². The Morgan fingerprint density at radius 1 is 0.763 bits per heavy atom. The standard InChI is InChI=1S/C30H46N3O4S/c1-21(2)25-17-23(32(9-13-34-5)10-14-35-6)19-27-29(25)31-30-26(22(3)4)18-24(20-28(30)38-27)33(11-15-36-7)12-16-37-8/h17-22H,9-16H2,1-8H3/q+1. The number of rotatable bonds is 15. The lowest BCUT2D eigenvalue weighted by Crippen LogP contribution is -2.36. The maximum atomic E-state index is 5.41. The Bertz CT molecular complexity index is 1190. The van der Waals surface area contributed by atoms with E-state index in [1.807, 2.05) is 11.3 Å². The van der Waals surface area contributed by atoms with Crippen LogP contribution in [0.1, 0.15) is 50.7 Å². The first kappa shape index (κ1) is 30.4. The number of hydrogen-bond donors (Lipinski definition) is 0. The van der Waals surface area contributed by atoms with Crippen LogP contribution in [0.15, 0.2) is 24.3 Å². The van der Waals surface area contributed by atoms with Gasteiger partial charge in [0.2, 0.25) is 5.36 Å². The molecule has 1 aromatic rings. The van der Waals surface area contributed by atoms with Crippen LogP contribution < -0.4 is 14.8 Å². The molecule has 210 valence electrons. The Hall–Kier alpha value is -2.10. The lowest BCUT2D eigenvalue weighted by atomic mass is 9.97. The molecule has 0 spiro atoms. The molecule has 1 aromatic carbocycles. The van der Waals surface area contributed by atoms with Gasteiger partial charge in [-0.05, 0) is 35.1 Å². The third-order valence-corrected chi connectivity index (χ3v) is 7.92. The summed E-state index contributed by atoms with van der Waals surface area (Å²) in [5.74, 6) is 0.698. The van der Waals surface area contributed by atoms with Gasteiger partial charge in [-0.2, -0.15) is 0 Å². The van der Waals surface area contributed by atoms with Crippen molar-refractivity contribution in [1.29, 1.82) is 0 Å². The number of methoxy groups -OCH3 is 4. The van der Waals surface area contributed by atoms with Crippen LogP contribution in [-0.2, 0) is 18.9 Å². The average Bonchev–Trinajstić information content (AvgIpc) is 2.90. The van der Waals surface area contributed by atoms with E-state index in [-0.39, 0.29) is 0 Å². The fraction of sp³-hybridized carbons (Fsp3) is 0.600. The molecule has 0 radical (unpaired) electrons. The maximum Gasteiger partial charge on any atom is 0.201 e. The van der Waals surface area contributed by atoms with E-state index in [0.717, 1.165) is 37.4 Å². The molecule has 8 heteroatoms. The summed E-state index contributed by atoms with van der Waals surface area (Å²) in [5, 5.41) is 1.19. The summed E-state index contributed by atoms with van der Waals surface area (Å²) in [6.45, 7) is 14.9. The summed E-state index contributed by atoms with van der Waals surface area (Å²) < 4.78 is 25.2. The Balaban J connectivity index is 2.30. The number of nitrogens with zero attached hydrogens (tertiary/aromatic N) is 3. The molecule has 1 heterocycles. The summed E-state index contributed by atoms with van der Waals surface area (Å²) in [7, 11) is 7.00. The molecule has 3 rings (SSSR count). The Morgan fingerprint density at radius 3 is 1.87 bits per heavy atom. The minimum atomic E-state index is 0.349. The van der Waals surface area contributed by atoms with Crippen molar-refractivity contribution in [3.8, 4) is 10.6 Å². The molecule has 0 fully saturated rings. The van der Waals surface area contributed by atoms with Gasteiger partial charge in [0.25, 0.3) is 0 Å². The number of anilines is 1. The molecule has 0 unspecified atom stereocenters. The van der Waals surface area contributed by atoms with Crippen molar-refractivity contribution in [2.45, 2.75) is 39.5 Å². The molecule has 1 aliphatic heterocycles. The van der Waals surface area contributed by atoms with Crippen LogP contribution in [0.2, 0.25) is 0 Å². The van der Waals surface area contributed by atoms with Crippen LogP contribution in [0.3, 0.4) is 0 Å². The SMILES string of the molecule is COCCN(CCOC)c1cc(C(C)C)c2nc3c(C(C)C)cc(=[N+](CCOC)CCOC)cc-3sc2c1. The fourth-order valence-corrected chi connectivity index (χ4v) is 5.76. The molecule has 0 aromatic heterocycles. The minimum Gasteiger partial charge on any atom is -0.383 e. The van der Waals surface area contributed by atoms with Gasteiger partial charge in [0, 0.05) is 59.3 Å². The molecule has 0 bridgehead atoms. The summed E-state index contributed by atoms with van der Waals surface area (Å²) in [6.07, 6.45) is 0. The summed E-state index contributed by atoms with van der Waals surface area (Å²) in [5.41, 5.74) is 5.94. The number of ether oxygens (including phenoxy) is 4. The van der Waals surface area contributed by atoms with Crippen molar-refractivity contribution in [3.05, 3.63) is 40.7 Å². The van der Waals surface area contributed by atoms with Crippen LogP contribution in [0.25, 0.3) is 20.8 Å². The lowest BCUT2D eigenvalue weighted by molar-refractivity contribution is 0.170. The lowest BCUT2D eigenvalue weighted by Gasteiger charge is -2.26. The molecule has 0 saturated heterocycles.